The third kappa shape index (κ3) is 4.88. The van der Waals surface area contributed by atoms with Gasteiger partial charge in [-0.25, -0.2) is 0 Å². The van der Waals surface area contributed by atoms with Crippen LogP contribution in [0.25, 0.3) is 0 Å². The number of rotatable bonds is 7. The van der Waals surface area contributed by atoms with Crippen molar-refractivity contribution in [1.29, 1.82) is 0 Å². The molecule has 2 rings (SSSR count). The molecule has 0 aliphatic carbocycles. The van der Waals surface area contributed by atoms with Crippen LogP contribution in [0.5, 0.6) is 5.75 Å². The number of benzene rings is 2. The van der Waals surface area contributed by atoms with E-state index in [2.05, 4.69) is 19.2 Å². The average Bonchev–Trinajstić information content (AvgIpc) is 2.52. The van der Waals surface area contributed by atoms with Crippen LogP contribution in [0.3, 0.4) is 0 Å². The number of hydrogen-bond donors (Lipinski definition) is 2. The number of ether oxygens (including phenoxy) is 1. The molecule has 2 N–H and O–H groups in total. The van der Waals surface area contributed by atoms with E-state index in [1.807, 2.05) is 60.7 Å². The van der Waals surface area contributed by atoms with E-state index in [1.54, 1.807) is 0 Å². The maximum absolute atomic E-state index is 10.5. The molecule has 0 aliphatic heterocycles. The van der Waals surface area contributed by atoms with Crippen molar-refractivity contribution in [2.45, 2.75) is 32.1 Å². The van der Waals surface area contributed by atoms with Gasteiger partial charge in [-0.1, -0.05) is 62.4 Å². The summed E-state index contributed by atoms with van der Waals surface area (Å²) in [5.41, 5.74) is 0.972. The Morgan fingerprint density at radius 1 is 0.952 bits per heavy atom. The largest absolute Gasteiger partial charge is 0.483 e. The molecule has 0 radical (unpaired) electrons. The highest BCUT2D eigenvalue weighted by molar-refractivity contribution is 5.25. The van der Waals surface area contributed by atoms with Gasteiger partial charge in [-0.05, 0) is 17.7 Å². The van der Waals surface area contributed by atoms with Gasteiger partial charge in [-0.3, -0.25) is 0 Å². The number of hydrogen-bond acceptors (Lipinski definition) is 3. The van der Waals surface area contributed by atoms with E-state index >= 15 is 0 Å². The Morgan fingerprint density at radius 3 is 2.10 bits per heavy atom. The molecular formula is C18H23NO2. The Kier molecular flexibility index (Phi) is 5.78. The fraction of sp³-hybridized carbons (Fsp3) is 0.333. The van der Waals surface area contributed by atoms with Crippen LogP contribution in [-0.2, 0) is 0 Å². The van der Waals surface area contributed by atoms with Crippen molar-refractivity contribution in [3.05, 3.63) is 66.2 Å². The molecule has 0 amide bonds. The summed E-state index contributed by atoms with van der Waals surface area (Å²) >= 11 is 0. The highest BCUT2D eigenvalue weighted by Gasteiger charge is 2.23. The van der Waals surface area contributed by atoms with Crippen molar-refractivity contribution in [3.8, 4) is 5.75 Å². The van der Waals surface area contributed by atoms with Gasteiger partial charge in [-0.15, -0.1) is 0 Å². The van der Waals surface area contributed by atoms with Gasteiger partial charge >= 0.3 is 0 Å². The molecule has 2 aromatic rings. The van der Waals surface area contributed by atoms with E-state index < -0.39 is 6.10 Å². The number of aliphatic hydroxyl groups excluding tert-OH is 1. The molecule has 2 unspecified atom stereocenters. The van der Waals surface area contributed by atoms with Crippen molar-refractivity contribution in [3.63, 3.8) is 0 Å². The lowest BCUT2D eigenvalue weighted by atomic mass is 10.0. The zero-order valence-electron chi connectivity index (χ0n) is 12.6. The maximum atomic E-state index is 10.5. The highest BCUT2D eigenvalue weighted by Crippen LogP contribution is 2.24. The summed E-state index contributed by atoms with van der Waals surface area (Å²) in [5.74, 6) is 0.759. The van der Waals surface area contributed by atoms with Crippen LogP contribution in [0.4, 0.5) is 0 Å². The Balaban J connectivity index is 2.14. The summed E-state index contributed by atoms with van der Waals surface area (Å²) in [6, 6.07) is 19.8. The standard InChI is InChI=1S/C18H23NO2/c1-14(2)19-13-17(20)18(15-9-5-3-6-10-15)21-16-11-7-4-8-12-16/h3-12,14,17-20H,13H2,1-2H3. The first-order chi connectivity index (χ1) is 10.2. The molecule has 112 valence electrons. The van der Waals surface area contributed by atoms with E-state index in [9.17, 15) is 5.11 Å². The smallest absolute Gasteiger partial charge is 0.151 e. The third-order valence-corrected chi connectivity index (χ3v) is 3.22. The van der Waals surface area contributed by atoms with Crippen LogP contribution >= 0.6 is 0 Å². The van der Waals surface area contributed by atoms with E-state index in [1.165, 1.54) is 0 Å². The van der Waals surface area contributed by atoms with Gasteiger partial charge in [0.25, 0.3) is 0 Å². The molecule has 0 aromatic heterocycles. The second-order valence-electron chi connectivity index (χ2n) is 5.39. The Hall–Kier alpha value is -1.84. The summed E-state index contributed by atoms with van der Waals surface area (Å²) < 4.78 is 6.00. The zero-order valence-corrected chi connectivity index (χ0v) is 12.6. The Labute approximate surface area is 126 Å². The number of aliphatic hydroxyl groups is 1. The minimum absolute atomic E-state index is 0.327. The van der Waals surface area contributed by atoms with Crippen molar-refractivity contribution >= 4 is 0 Å². The van der Waals surface area contributed by atoms with Gasteiger partial charge in [0.15, 0.2) is 6.10 Å². The first-order valence-electron chi connectivity index (χ1n) is 7.35. The zero-order chi connectivity index (χ0) is 15.1. The third-order valence-electron chi connectivity index (χ3n) is 3.22. The van der Waals surface area contributed by atoms with E-state index in [-0.39, 0.29) is 6.10 Å². The summed E-state index contributed by atoms with van der Waals surface area (Å²) in [6.07, 6.45) is -1.00. The lowest BCUT2D eigenvalue weighted by Crippen LogP contribution is -2.37. The molecule has 3 nitrogen and oxygen atoms in total. The molecule has 21 heavy (non-hydrogen) atoms. The van der Waals surface area contributed by atoms with Gasteiger partial charge in [0.05, 0.1) is 0 Å². The lowest BCUT2D eigenvalue weighted by molar-refractivity contribution is 0.0346. The normalized spacial score (nSPS) is 13.9. The molecule has 3 heteroatoms. The molecular weight excluding hydrogens is 262 g/mol. The monoisotopic (exact) mass is 285 g/mol. The molecule has 0 fully saturated rings. The molecule has 0 saturated heterocycles. The van der Waals surface area contributed by atoms with E-state index in [4.69, 9.17) is 4.74 Å². The van der Waals surface area contributed by atoms with Gasteiger partial charge < -0.3 is 15.2 Å². The molecule has 0 spiro atoms. The van der Waals surface area contributed by atoms with Crippen LogP contribution in [0.1, 0.15) is 25.5 Å². The minimum Gasteiger partial charge on any atom is -0.483 e. The van der Waals surface area contributed by atoms with Crippen molar-refractivity contribution in [2.75, 3.05) is 6.54 Å². The second-order valence-corrected chi connectivity index (χ2v) is 5.39. The van der Waals surface area contributed by atoms with Crippen LogP contribution in [-0.4, -0.2) is 23.8 Å². The van der Waals surface area contributed by atoms with Crippen LogP contribution in [0, 0.1) is 0 Å². The van der Waals surface area contributed by atoms with Crippen LogP contribution in [0.2, 0.25) is 0 Å². The quantitative estimate of drug-likeness (QED) is 0.821. The predicted octanol–water partition coefficient (Wildman–Crippen LogP) is 3.17. The molecule has 2 aromatic carbocycles. The van der Waals surface area contributed by atoms with Crippen molar-refractivity contribution in [2.24, 2.45) is 0 Å². The number of nitrogens with one attached hydrogen (secondary N) is 1. The van der Waals surface area contributed by atoms with E-state index in [0.717, 1.165) is 11.3 Å². The molecule has 0 heterocycles. The van der Waals surface area contributed by atoms with Crippen molar-refractivity contribution in [1.82, 2.24) is 5.32 Å². The summed E-state index contributed by atoms with van der Waals surface area (Å²) in [6.45, 7) is 4.61. The highest BCUT2D eigenvalue weighted by atomic mass is 16.5. The molecule has 0 saturated carbocycles. The first-order valence-corrected chi connectivity index (χ1v) is 7.35. The van der Waals surface area contributed by atoms with Gasteiger partial charge in [0, 0.05) is 12.6 Å². The van der Waals surface area contributed by atoms with Gasteiger partial charge in [-0.2, -0.15) is 0 Å². The first kappa shape index (κ1) is 15.5. The summed E-state index contributed by atoms with van der Waals surface area (Å²) in [7, 11) is 0. The van der Waals surface area contributed by atoms with E-state index in [0.29, 0.717) is 12.6 Å². The fourth-order valence-corrected chi connectivity index (χ4v) is 2.12. The molecule has 0 bridgehead atoms. The summed E-state index contributed by atoms with van der Waals surface area (Å²) in [4.78, 5) is 0. The maximum Gasteiger partial charge on any atom is 0.151 e. The minimum atomic E-state index is -0.616. The van der Waals surface area contributed by atoms with Gasteiger partial charge in [0.2, 0.25) is 0 Å². The SMILES string of the molecule is CC(C)NCC(O)C(Oc1ccccc1)c1ccccc1. The van der Waals surface area contributed by atoms with Gasteiger partial charge in [0.1, 0.15) is 11.9 Å². The van der Waals surface area contributed by atoms with Crippen LogP contribution < -0.4 is 10.1 Å². The van der Waals surface area contributed by atoms with Crippen LogP contribution in [0.15, 0.2) is 60.7 Å². The Morgan fingerprint density at radius 2 is 1.52 bits per heavy atom. The topological polar surface area (TPSA) is 41.5 Å². The average molecular weight is 285 g/mol. The predicted molar refractivity (Wildman–Crippen MR) is 85.4 cm³/mol. The van der Waals surface area contributed by atoms with Crippen molar-refractivity contribution < 1.29 is 9.84 Å². The molecule has 2 atom stereocenters. The number of para-hydroxylation sites is 1. The Bertz CT molecular complexity index is 513. The molecule has 0 aliphatic rings. The summed E-state index contributed by atoms with van der Waals surface area (Å²) in [5, 5.41) is 13.7. The fourth-order valence-electron chi connectivity index (χ4n) is 2.12. The lowest BCUT2D eigenvalue weighted by Gasteiger charge is -2.25. The second kappa shape index (κ2) is 7.81.